The lowest BCUT2D eigenvalue weighted by Crippen LogP contribution is -2.53. The molecule has 6 nitrogen and oxygen atoms in total. The molecule has 380 valence electrons. The van der Waals surface area contributed by atoms with Crippen molar-refractivity contribution in [3.8, 4) is 0 Å². The molecule has 4 atom stereocenters. The summed E-state index contributed by atoms with van der Waals surface area (Å²) in [6.07, 6.45) is 64.1. The zero-order valence-corrected chi connectivity index (χ0v) is 43.0. The van der Waals surface area contributed by atoms with E-state index in [1.165, 1.54) is 238 Å². The van der Waals surface area contributed by atoms with E-state index in [1.807, 2.05) is 0 Å². The second-order valence-corrected chi connectivity index (χ2v) is 20.0. The Morgan fingerprint density at radius 1 is 0.391 bits per heavy atom. The molecule has 0 saturated carbocycles. The van der Waals surface area contributed by atoms with Crippen molar-refractivity contribution in [3.63, 3.8) is 0 Å². The molecule has 0 aromatic heterocycles. The molecule has 0 heterocycles. The van der Waals surface area contributed by atoms with Gasteiger partial charge in [0.25, 0.3) is 0 Å². The molecular weight excluding hydrogens is 791 g/mol. The van der Waals surface area contributed by atoms with Crippen LogP contribution in [0.4, 0.5) is 0 Å². The lowest BCUT2D eigenvalue weighted by molar-refractivity contribution is -0.132. The zero-order chi connectivity index (χ0) is 46.7. The van der Waals surface area contributed by atoms with E-state index in [2.05, 4.69) is 43.5 Å². The molecular formula is C58H113NO5. The maximum Gasteiger partial charge on any atom is 0.249 e. The van der Waals surface area contributed by atoms with Crippen LogP contribution in [0.2, 0.25) is 0 Å². The van der Waals surface area contributed by atoms with E-state index >= 15 is 0 Å². The summed E-state index contributed by atoms with van der Waals surface area (Å²) in [6.45, 7) is 4.07. The van der Waals surface area contributed by atoms with Gasteiger partial charge in [0.05, 0.1) is 18.8 Å². The van der Waals surface area contributed by atoms with Gasteiger partial charge in [0.1, 0.15) is 12.2 Å². The Kier molecular flexibility index (Phi) is 51.8. The number of carbonyl (C=O) groups is 1. The predicted octanol–water partition coefficient (Wildman–Crippen LogP) is 16.6. The summed E-state index contributed by atoms with van der Waals surface area (Å²) in [7, 11) is 0. The van der Waals surface area contributed by atoms with Gasteiger partial charge in [-0.2, -0.15) is 0 Å². The van der Waals surface area contributed by atoms with Crippen LogP contribution in [0, 0.1) is 0 Å². The topological polar surface area (TPSA) is 110 Å². The Morgan fingerprint density at radius 3 is 0.984 bits per heavy atom. The van der Waals surface area contributed by atoms with E-state index < -0.39 is 36.9 Å². The molecule has 64 heavy (non-hydrogen) atoms. The molecule has 6 heteroatoms. The van der Waals surface area contributed by atoms with Crippen molar-refractivity contribution in [2.45, 2.75) is 334 Å². The first kappa shape index (κ1) is 62.8. The van der Waals surface area contributed by atoms with Gasteiger partial charge in [-0.3, -0.25) is 4.79 Å². The van der Waals surface area contributed by atoms with Crippen molar-refractivity contribution < 1.29 is 25.2 Å². The summed E-state index contributed by atoms with van der Waals surface area (Å²) in [5.41, 5.74) is 0. The highest BCUT2D eigenvalue weighted by Gasteiger charge is 2.28. The number of carbonyl (C=O) groups excluding carboxylic acids is 1. The predicted molar refractivity (Wildman–Crippen MR) is 279 cm³/mol. The van der Waals surface area contributed by atoms with Gasteiger partial charge in [-0.15, -0.1) is 0 Å². The number of aliphatic hydroxyl groups excluding tert-OH is 4. The number of nitrogens with one attached hydrogen (secondary N) is 1. The first-order valence-electron chi connectivity index (χ1n) is 28.7. The lowest BCUT2D eigenvalue weighted by atomic mass is 9.99. The number of unbranched alkanes of at least 4 members (excludes halogenated alkanes) is 40. The van der Waals surface area contributed by atoms with Gasteiger partial charge in [-0.05, 0) is 44.9 Å². The fraction of sp³-hybridized carbons (Fsp3) is 0.914. The third-order valence-electron chi connectivity index (χ3n) is 13.7. The number of hydrogen-bond donors (Lipinski definition) is 5. The molecule has 0 spiro atoms. The molecule has 1 amide bonds. The molecule has 0 aromatic rings. The minimum atomic E-state index is -1.26. The van der Waals surface area contributed by atoms with Crippen LogP contribution in [0.25, 0.3) is 0 Å². The second kappa shape index (κ2) is 52.8. The van der Waals surface area contributed by atoms with Crippen LogP contribution in [0.5, 0.6) is 0 Å². The van der Waals surface area contributed by atoms with Crippen molar-refractivity contribution in [3.05, 3.63) is 24.3 Å². The summed E-state index contributed by atoms with van der Waals surface area (Å²) in [5, 5.41) is 43.8. The number of aliphatic hydroxyl groups is 4. The second-order valence-electron chi connectivity index (χ2n) is 20.0. The average Bonchev–Trinajstić information content (AvgIpc) is 3.30. The van der Waals surface area contributed by atoms with Crippen LogP contribution in [0.15, 0.2) is 24.3 Å². The molecule has 0 aliphatic rings. The van der Waals surface area contributed by atoms with Crippen LogP contribution in [-0.2, 0) is 4.79 Å². The minimum absolute atomic E-state index is 0.372. The van der Waals surface area contributed by atoms with E-state index in [0.29, 0.717) is 12.8 Å². The SMILES string of the molecule is CCCCCCCCCCCCCCC/C=C\C/C=C\CCCCCCCCCCCCCCCCCCC(O)C(=O)NC(CO)C(O)C(O)CCCCCCCCCCCCCC. The summed E-state index contributed by atoms with van der Waals surface area (Å²) in [4.78, 5) is 12.6. The Balaban J connectivity index is 3.52. The first-order valence-corrected chi connectivity index (χ1v) is 28.7. The fourth-order valence-electron chi connectivity index (χ4n) is 9.14. The Morgan fingerprint density at radius 2 is 0.672 bits per heavy atom. The third-order valence-corrected chi connectivity index (χ3v) is 13.7. The van der Waals surface area contributed by atoms with Crippen molar-refractivity contribution in [2.24, 2.45) is 0 Å². The van der Waals surface area contributed by atoms with Gasteiger partial charge in [0.15, 0.2) is 0 Å². The number of amides is 1. The van der Waals surface area contributed by atoms with Gasteiger partial charge in [0.2, 0.25) is 5.91 Å². The maximum atomic E-state index is 12.6. The van der Waals surface area contributed by atoms with Crippen molar-refractivity contribution in [1.29, 1.82) is 0 Å². The quantitative estimate of drug-likeness (QED) is 0.0308. The molecule has 4 unspecified atom stereocenters. The van der Waals surface area contributed by atoms with Crippen LogP contribution >= 0.6 is 0 Å². The van der Waals surface area contributed by atoms with E-state index in [0.717, 1.165) is 44.9 Å². The normalized spacial score (nSPS) is 13.9. The van der Waals surface area contributed by atoms with Crippen molar-refractivity contribution in [1.82, 2.24) is 5.32 Å². The van der Waals surface area contributed by atoms with Gasteiger partial charge in [-0.25, -0.2) is 0 Å². The smallest absolute Gasteiger partial charge is 0.249 e. The largest absolute Gasteiger partial charge is 0.394 e. The Labute approximate surface area is 399 Å². The molecule has 0 aromatic carbocycles. The maximum absolute atomic E-state index is 12.6. The summed E-state index contributed by atoms with van der Waals surface area (Å²) < 4.78 is 0. The molecule has 0 saturated heterocycles. The first-order chi connectivity index (χ1) is 31.5. The van der Waals surface area contributed by atoms with Gasteiger partial charge >= 0.3 is 0 Å². The standard InChI is InChI=1S/C58H113NO5/c1-3-5-7-9-11-13-15-17-18-19-20-21-22-23-24-25-26-27-28-29-30-31-32-33-34-35-36-37-38-39-40-42-44-46-48-50-52-56(62)58(64)59-54(53-60)57(63)55(61)51-49-47-45-43-41-16-14-12-10-8-6-4-2/h24-25,27-28,54-57,60-63H,3-23,26,29-53H2,1-2H3,(H,59,64)/b25-24-,28-27-. The van der Waals surface area contributed by atoms with Crippen molar-refractivity contribution in [2.75, 3.05) is 6.61 Å². The number of hydrogen-bond acceptors (Lipinski definition) is 5. The van der Waals surface area contributed by atoms with Crippen LogP contribution in [-0.4, -0.2) is 57.3 Å². The summed E-state index contributed by atoms with van der Waals surface area (Å²) >= 11 is 0. The number of allylic oxidation sites excluding steroid dienone is 4. The van der Waals surface area contributed by atoms with Crippen LogP contribution in [0.3, 0.4) is 0 Å². The number of rotatable bonds is 53. The average molecular weight is 905 g/mol. The molecule has 0 aliphatic heterocycles. The highest BCUT2D eigenvalue weighted by molar-refractivity contribution is 5.80. The monoisotopic (exact) mass is 904 g/mol. The lowest BCUT2D eigenvalue weighted by Gasteiger charge is -2.27. The van der Waals surface area contributed by atoms with E-state index in [1.54, 1.807) is 0 Å². The molecule has 5 N–H and O–H groups in total. The third kappa shape index (κ3) is 45.9. The van der Waals surface area contributed by atoms with Crippen LogP contribution in [0.1, 0.15) is 309 Å². The molecule has 0 bridgehead atoms. The summed E-state index contributed by atoms with van der Waals surface area (Å²) in [6, 6.07) is -0.983. The fourth-order valence-corrected chi connectivity index (χ4v) is 9.14. The molecule has 0 radical (unpaired) electrons. The van der Waals surface area contributed by atoms with Gasteiger partial charge in [-0.1, -0.05) is 289 Å². The van der Waals surface area contributed by atoms with Crippen LogP contribution < -0.4 is 5.32 Å². The highest BCUT2D eigenvalue weighted by Crippen LogP contribution is 2.18. The highest BCUT2D eigenvalue weighted by atomic mass is 16.3. The minimum Gasteiger partial charge on any atom is -0.394 e. The van der Waals surface area contributed by atoms with E-state index in [9.17, 15) is 25.2 Å². The molecule has 0 rings (SSSR count). The summed E-state index contributed by atoms with van der Waals surface area (Å²) in [5.74, 6) is -0.581. The zero-order valence-electron chi connectivity index (χ0n) is 43.0. The van der Waals surface area contributed by atoms with Gasteiger partial charge < -0.3 is 25.7 Å². The molecule has 0 aliphatic carbocycles. The Bertz CT molecular complexity index is 970. The van der Waals surface area contributed by atoms with Crippen molar-refractivity contribution >= 4 is 5.91 Å². The van der Waals surface area contributed by atoms with E-state index in [4.69, 9.17) is 0 Å². The van der Waals surface area contributed by atoms with E-state index in [-0.39, 0.29) is 0 Å². The Hall–Kier alpha value is -1.21. The van der Waals surface area contributed by atoms with Gasteiger partial charge in [0, 0.05) is 0 Å². The molecule has 0 fully saturated rings.